The van der Waals surface area contributed by atoms with Crippen molar-refractivity contribution in [3.8, 4) is 11.1 Å². The maximum Gasteiger partial charge on any atom is 0.255 e. The average Bonchev–Trinajstić information content (AvgIpc) is 2.84. The number of rotatable bonds is 7. The van der Waals surface area contributed by atoms with Gasteiger partial charge in [-0.15, -0.1) is 11.8 Å². The Labute approximate surface area is 188 Å². The van der Waals surface area contributed by atoms with Gasteiger partial charge in [0.2, 0.25) is 0 Å². The molecule has 0 spiro atoms. The number of hydrogen-bond acceptors (Lipinski definition) is 2. The van der Waals surface area contributed by atoms with E-state index in [2.05, 4.69) is 42.7 Å². The summed E-state index contributed by atoms with van der Waals surface area (Å²) < 4.78 is 0. The van der Waals surface area contributed by atoms with E-state index >= 15 is 0 Å². The second kappa shape index (κ2) is 10.1. The highest BCUT2D eigenvalue weighted by Gasteiger charge is 2.21. The van der Waals surface area contributed by atoms with E-state index < -0.39 is 0 Å². The molecule has 2 nitrogen and oxygen atoms in total. The van der Waals surface area contributed by atoms with Gasteiger partial charge in [0, 0.05) is 23.5 Å². The third-order valence-corrected chi connectivity index (χ3v) is 6.07. The molecule has 0 N–H and O–H groups in total. The van der Waals surface area contributed by atoms with Gasteiger partial charge < -0.3 is 4.90 Å². The lowest BCUT2D eigenvalue weighted by Crippen LogP contribution is -2.30. The van der Waals surface area contributed by atoms with Crippen LogP contribution in [0.15, 0.2) is 114 Å². The smallest absolute Gasteiger partial charge is 0.255 e. The van der Waals surface area contributed by atoms with Gasteiger partial charge in [-0.3, -0.25) is 4.79 Å². The van der Waals surface area contributed by atoms with Gasteiger partial charge in [-0.05, 0) is 40.6 Å². The minimum Gasteiger partial charge on any atom is -0.330 e. The first kappa shape index (κ1) is 21.0. The third-order valence-electron chi connectivity index (χ3n) is 5.27. The second-order valence-corrected chi connectivity index (χ2v) is 8.23. The molecule has 0 unspecified atom stereocenters. The van der Waals surface area contributed by atoms with Crippen LogP contribution >= 0.6 is 11.8 Å². The van der Waals surface area contributed by atoms with Crippen LogP contribution in [0.1, 0.15) is 21.5 Å². The fourth-order valence-electron chi connectivity index (χ4n) is 3.75. The van der Waals surface area contributed by atoms with Gasteiger partial charge in [0.15, 0.2) is 0 Å². The van der Waals surface area contributed by atoms with Crippen LogP contribution in [0.2, 0.25) is 0 Å². The van der Waals surface area contributed by atoms with Crippen molar-refractivity contribution in [2.75, 3.05) is 6.26 Å². The molecule has 0 atom stereocenters. The van der Waals surface area contributed by atoms with E-state index in [4.69, 9.17) is 0 Å². The first-order valence-electron chi connectivity index (χ1n) is 10.4. The molecule has 0 bridgehead atoms. The first-order chi connectivity index (χ1) is 15.3. The number of nitrogens with zero attached hydrogens (tertiary/aromatic N) is 1. The molecular weight excluding hydrogens is 398 g/mol. The monoisotopic (exact) mass is 423 g/mol. The van der Waals surface area contributed by atoms with Crippen molar-refractivity contribution in [3.05, 3.63) is 126 Å². The van der Waals surface area contributed by atoms with Crippen molar-refractivity contribution >= 4 is 17.7 Å². The Bertz CT molecular complexity index is 1100. The zero-order valence-corrected chi connectivity index (χ0v) is 18.4. The molecule has 154 valence electrons. The Hall–Kier alpha value is -3.30. The van der Waals surface area contributed by atoms with Crippen LogP contribution in [0.4, 0.5) is 0 Å². The van der Waals surface area contributed by atoms with Gasteiger partial charge in [0.1, 0.15) is 0 Å². The van der Waals surface area contributed by atoms with Crippen molar-refractivity contribution in [1.29, 1.82) is 0 Å². The van der Waals surface area contributed by atoms with Crippen LogP contribution in [-0.2, 0) is 13.1 Å². The van der Waals surface area contributed by atoms with Crippen molar-refractivity contribution in [3.63, 3.8) is 0 Å². The van der Waals surface area contributed by atoms with Crippen LogP contribution in [0, 0.1) is 0 Å². The number of carbonyl (C=O) groups is 1. The predicted molar refractivity (Wildman–Crippen MR) is 130 cm³/mol. The van der Waals surface area contributed by atoms with Crippen molar-refractivity contribution in [2.24, 2.45) is 0 Å². The summed E-state index contributed by atoms with van der Waals surface area (Å²) in [5.41, 5.74) is 5.04. The topological polar surface area (TPSA) is 20.3 Å². The Morgan fingerprint density at radius 3 is 1.71 bits per heavy atom. The molecule has 0 fully saturated rings. The van der Waals surface area contributed by atoms with Gasteiger partial charge in [0.25, 0.3) is 5.91 Å². The number of carbonyl (C=O) groups excluding carboxylic acids is 1. The van der Waals surface area contributed by atoms with Gasteiger partial charge in [-0.25, -0.2) is 0 Å². The molecule has 4 aromatic carbocycles. The molecule has 4 rings (SSSR count). The Balaban J connectivity index is 1.73. The highest BCUT2D eigenvalue weighted by molar-refractivity contribution is 7.98. The zero-order valence-electron chi connectivity index (χ0n) is 17.6. The molecule has 0 aliphatic carbocycles. The van der Waals surface area contributed by atoms with Gasteiger partial charge >= 0.3 is 0 Å². The SMILES string of the molecule is CSc1ccccc1-c1ccccc1C(=O)N(Cc1ccccc1)Cc1ccccc1. The van der Waals surface area contributed by atoms with Crippen molar-refractivity contribution < 1.29 is 4.79 Å². The molecular formula is C28H25NOS. The first-order valence-corrected chi connectivity index (χ1v) is 11.6. The summed E-state index contributed by atoms with van der Waals surface area (Å²) in [7, 11) is 0. The third kappa shape index (κ3) is 5.07. The minimum absolute atomic E-state index is 0.0409. The lowest BCUT2D eigenvalue weighted by molar-refractivity contribution is 0.0731. The standard InChI is InChI=1S/C28H25NOS/c1-31-27-19-11-10-17-25(27)24-16-8-9-18-26(24)28(30)29(20-22-12-4-2-5-13-22)21-23-14-6-3-7-15-23/h2-19H,20-21H2,1H3. The summed E-state index contributed by atoms with van der Waals surface area (Å²) in [5.74, 6) is 0.0409. The van der Waals surface area contributed by atoms with Crippen LogP contribution in [0.25, 0.3) is 11.1 Å². The van der Waals surface area contributed by atoms with Crippen LogP contribution in [0.5, 0.6) is 0 Å². The normalized spacial score (nSPS) is 10.6. The molecule has 4 aromatic rings. The largest absolute Gasteiger partial charge is 0.330 e. The van der Waals surface area contributed by atoms with E-state index in [0.29, 0.717) is 13.1 Å². The maximum atomic E-state index is 13.9. The van der Waals surface area contributed by atoms with Crippen LogP contribution in [0.3, 0.4) is 0 Å². The second-order valence-electron chi connectivity index (χ2n) is 7.38. The summed E-state index contributed by atoms with van der Waals surface area (Å²) in [6.07, 6.45) is 2.07. The molecule has 0 saturated heterocycles. The average molecular weight is 424 g/mol. The lowest BCUT2D eigenvalue weighted by atomic mass is 9.98. The Morgan fingerprint density at radius 1 is 0.645 bits per heavy atom. The van der Waals surface area contributed by atoms with Gasteiger partial charge in [-0.1, -0.05) is 97.1 Å². The van der Waals surface area contributed by atoms with Crippen LogP contribution in [-0.4, -0.2) is 17.1 Å². The van der Waals surface area contributed by atoms with E-state index in [0.717, 1.165) is 27.8 Å². The zero-order chi connectivity index (χ0) is 21.5. The van der Waals surface area contributed by atoms with Gasteiger partial charge in [0.05, 0.1) is 0 Å². The van der Waals surface area contributed by atoms with E-state index in [-0.39, 0.29) is 5.91 Å². The molecule has 0 aliphatic rings. The molecule has 1 amide bonds. The van der Waals surface area contributed by atoms with Crippen molar-refractivity contribution in [2.45, 2.75) is 18.0 Å². The Kier molecular flexibility index (Phi) is 6.85. The summed E-state index contributed by atoms with van der Waals surface area (Å²) in [5, 5.41) is 0. The molecule has 0 heterocycles. The molecule has 0 saturated carbocycles. The molecule has 0 radical (unpaired) electrons. The van der Waals surface area contributed by atoms with Gasteiger partial charge in [-0.2, -0.15) is 0 Å². The minimum atomic E-state index is 0.0409. The quantitative estimate of drug-likeness (QED) is 0.301. The summed E-state index contributed by atoms with van der Waals surface area (Å²) in [6.45, 7) is 1.13. The highest BCUT2D eigenvalue weighted by atomic mass is 32.2. The summed E-state index contributed by atoms with van der Waals surface area (Å²) in [6, 6.07) is 36.6. The molecule has 0 aromatic heterocycles. The molecule has 0 aliphatic heterocycles. The maximum absolute atomic E-state index is 13.9. The summed E-state index contributed by atoms with van der Waals surface area (Å²) >= 11 is 1.70. The van der Waals surface area contributed by atoms with Crippen LogP contribution < -0.4 is 0 Å². The number of hydrogen-bond donors (Lipinski definition) is 0. The fraction of sp³-hybridized carbons (Fsp3) is 0.107. The lowest BCUT2D eigenvalue weighted by Gasteiger charge is -2.25. The van der Waals surface area contributed by atoms with E-state index in [1.165, 1.54) is 4.90 Å². The summed E-state index contributed by atoms with van der Waals surface area (Å²) in [4.78, 5) is 17.0. The van der Waals surface area contributed by atoms with E-state index in [9.17, 15) is 4.79 Å². The Morgan fingerprint density at radius 2 is 1.13 bits per heavy atom. The predicted octanol–water partition coefficient (Wildman–Crippen LogP) is 6.92. The number of amides is 1. The molecule has 3 heteroatoms. The number of benzene rings is 4. The van der Waals surface area contributed by atoms with Crippen molar-refractivity contribution in [1.82, 2.24) is 4.90 Å². The number of thioether (sulfide) groups is 1. The van der Waals surface area contributed by atoms with E-state index in [1.54, 1.807) is 11.8 Å². The fourth-order valence-corrected chi connectivity index (χ4v) is 4.36. The molecule has 31 heavy (non-hydrogen) atoms. The highest BCUT2D eigenvalue weighted by Crippen LogP contribution is 2.33. The van der Waals surface area contributed by atoms with E-state index in [1.807, 2.05) is 77.7 Å².